The number of nitrogens with zero attached hydrogens (tertiary/aromatic N) is 1. The van der Waals surface area contributed by atoms with Crippen LogP contribution in [0.3, 0.4) is 0 Å². The number of nitriles is 1. The largest absolute Gasteiger partial charge is 0.324 e. The van der Waals surface area contributed by atoms with Crippen molar-refractivity contribution in [2.45, 2.75) is 25.1 Å². The Kier molecular flexibility index (Phi) is 4.46. The van der Waals surface area contributed by atoms with Crippen LogP contribution < -0.4 is 10.5 Å². The van der Waals surface area contributed by atoms with E-state index >= 15 is 0 Å². The van der Waals surface area contributed by atoms with E-state index in [1.165, 1.54) is 0 Å². The van der Waals surface area contributed by atoms with Crippen LogP contribution in [-0.2, 0) is 15.8 Å². The van der Waals surface area contributed by atoms with E-state index in [1.54, 1.807) is 38.1 Å². The number of nitrogens with two attached hydrogens (primary N) is 1. The molecule has 1 aromatic rings. The van der Waals surface area contributed by atoms with E-state index in [-0.39, 0.29) is 12.3 Å². The highest BCUT2D eigenvalue weighted by atomic mass is 32.2. The molecule has 3 N–H and O–H groups in total. The molecule has 0 fully saturated rings. The Hall–Kier alpha value is -1.42. The molecule has 0 heterocycles. The number of hydrogen-bond donors (Lipinski definition) is 2. The van der Waals surface area contributed by atoms with Crippen molar-refractivity contribution in [1.82, 2.24) is 4.72 Å². The normalized spacial score (nSPS) is 12.1. The molecule has 0 bridgehead atoms. The molecule has 98 valence electrons. The zero-order chi connectivity index (χ0) is 13.8. The average molecular weight is 267 g/mol. The van der Waals surface area contributed by atoms with E-state index in [9.17, 15) is 8.42 Å². The summed E-state index contributed by atoms with van der Waals surface area (Å²) in [6.07, 6.45) is 0. The monoisotopic (exact) mass is 267 g/mol. The molecule has 1 rings (SSSR count). The third kappa shape index (κ3) is 5.27. The van der Waals surface area contributed by atoms with Crippen molar-refractivity contribution >= 4 is 10.0 Å². The van der Waals surface area contributed by atoms with Gasteiger partial charge in [0, 0.05) is 12.1 Å². The number of rotatable bonds is 5. The first-order chi connectivity index (χ1) is 8.22. The summed E-state index contributed by atoms with van der Waals surface area (Å²) < 4.78 is 26.0. The lowest BCUT2D eigenvalue weighted by atomic mass is 10.1. The fraction of sp³-hybridized carbons (Fsp3) is 0.417. The molecular formula is C12H17N3O2S. The average Bonchev–Trinajstić information content (AvgIpc) is 2.25. The predicted octanol–water partition coefficient (Wildman–Crippen LogP) is 0.715. The highest BCUT2D eigenvalue weighted by Gasteiger charge is 2.17. The van der Waals surface area contributed by atoms with Crippen LogP contribution >= 0.6 is 0 Å². The van der Waals surface area contributed by atoms with Gasteiger partial charge in [-0.25, -0.2) is 13.1 Å². The van der Waals surface area contributed by atoms with Crippen LogP contribution in [0.5, 0.6) is 0 Å². The van der Waals surface area contributed by atoms with Gasteiger partial charge >= 0.3 is 0 Å². The van der Waals surface area contributed by atoms with Gasteiger partial charge in [-0.2, -0.15) is 5.26 Å². The number of nitrogens with one attached hydrogen (secondary N) is 1. The summed E-state index contributed by atoms with van der Waals surface area (Å²) in [5, 5.41) is 8.74. The van der Waals surface area contributed by atoms with Gasteiger partial charge in [-0.3, -0.25) is 0 Å². The van der Waals surface area contributed by atoms with Gasteiger partial charge in [-0.05, 0) is 31.5 Å². The summed E-state index contributed by atoms with van der Waals surface area (Å²) in [7, 11) is -3.43. The van der Waals surface area contributed by atoms with Gasteiger partial charge in [0.2, 0.25) is 10.0 Å². The second-order valence-corrected chi connectivity index (χ2v) is 6.69. The molecule has 0 aliphatic rings. The number of hydrogen-bond acceptors (Lipinski definition) is 4. The van der Waals surface area contributed by atoms with Crippen LogP contribution in [0.4, 0.5) is 0 Å². The first kappa shape index (κ1) is 14.6. The van der Waals surface area contributed by atoms with E-state index in [1.807, 2.05) is 6.07 Å². The molecule has 5 nitrogen and oxygen atoms in total. The maximum absolute atomic E-state index is 11.8. The SMILES string of the molecule is CC(C)(N)CNS(=O)(=O)Cc1cccc(C#N)c1. The molecule has 0 saturated carbocycles. The van der Waals surface area contributed by atoms with Crippen molar-refractivity contribution < 1.29 is 8.42 Å². The minimum Gasteiger partial charge on any atom is -0.324 e. The molecule has 0 aliphatic heterocycles. The van der Waals surface area contributed by atoms with Crippen molar-refractivity contribution in [3.63, 3.8) is 0 Å². The summed E-state index contributed by atoms with van der Waals surface area (Å²) in [5.41, 5.74) is 6.14. The minimum atomic E-state index is -3.43. The summed E-state index contributed by atoms with van der Waals surface area (Å²) in [6, 6.07) is 8.51. The number of sulfonamides is 1. The smallest absolute Gasteiger partial charge is 0.215 e. The second kappa shape index (κ2) is 5.48. The van der Waals surface area contributed by atoms with E-state index in [4.69, 9.17) is 11.0 Å². The van der Waals surface area contributed by atoms with E-state index in [0.717, 1.165) is 0 Å². The zero-order valence-electron chi connectivity index (χ0n) is 10.5. The van der Waals surface area contributed by atoms with Crippen LogP contribution in [-0.4, -0.2) is 20.5 Å². The Bertz CT molecular complexity index is 553. The fourth-order valence-electron chi connectivity index (χ4n) is 1.30. The molecule has 0 unspecified atom stereocenters. The molecule has 18 heavy (non-hydrogen) atoms. The van der Waals surface area contributed by atoms with Crippen LogP contribution in [0.1, 0.15) is 25.0 Å². The highest BCUT2D eigenvalue weighted by Crippen LogP contribution is 2.08. The van der Waals surface area contributed by atoms with Crippen molar-refractivity contribution in [3.05, 3.63) is 35.4 Å². The molecule has 0 saturated heterocycles. The fourth-order valence-corrected chi connectivity index (χ4v) is 2.61. The third-order valence-electron chi connectivity index (χ3n) is 2.16. The van der Waals surface area contributed by atoms with Crippen LogP contribution in [0.2, 0.25) is 0 Å². The number of benzene rings is 1. The lowest BCUT2D eigenvalue weighted by Crippen LogP contribution is -2.45. The summed E-state index contributed by atoms with van der Waals surface area (Å²) in [4.78, 5) is 0. The third-order valence-corrected chi connectivity index (χ3v) is 3.46. The van der Waals surface area contributed by atoms with E-state index in [0.29, 0.717) is 11.1 Å². The second-order valence-electron chi connectivity index (χ2n) is 4.88. The molecule has 1 aromatic carbocycles. The van der Waals surface area contributed by atoms with Gasteiger partial charge in [-0.15, -0.1) is 0 Å². The first-order valence-electron chi connectivity index (χ1n) is 5.47. The molecule has 0 radical (unpaired) electrons. The Labute approximate surface area is 108 Å². The molecule has 0 atom stereocenters. The topological polar surface area (TPSA) is 96.0 Å². The quantitative estimate of drug-likeness (QED) is 0.821. The Morgan fingerprint density at radius 3 is 2.67 bits per heavy atom. The van der Waals surface area contributed by atoms with Gasteiger partial charge in [0.1, 0.15) is 0 Å². The highest BCUT2D eigenvalue weighted by molar-refractivity contribution is 7.88. The molecule has 0 amide bonds. The maximum atomic E-state index is 11.8. The van der Waals surface area contributed by atoms with Crippen molar-refractivity contribution in [1.29, 1.82) is 5.26 Å². The summed E-state index contributed by atoms with van der Waals surface area (Å²) >= 11 is 0. The minimum absolute atomic E-state index is 0.154. The Morgan fingerprint density at radius 2 is 2.11 bits per heavy atom. The standard InChI is InChI=1S/C12H17N3O2S/c1-12(2,14)9-15-18(16,17)8-11-5-3-4-10(6-11)7-13/h3-6,15H,8-9,14H2,1-2H3. The molecular weight excluding hydrogens is 250 g/mol. The molecule has 0 aromatic heterocycles. The van der Waals surface area contributed by atoms with Crippen LogP contribution in [0, 0.1) is 11.3 Å². The predicted molar refractivity (Wildman–Crippen MR) is 70.0 cm³/mol. The zero-order valence-corrected chi connectivity index (χ0v) is 11.3. The van der Waals surface area contributed by atoms with Gasteiger partial charge < -0.3 is 5.73 Å². The lowest BCUT2D eigenvalue weighted by Gasteiger charge is -2.18. The summed E-state index contributed by atoms with van der Waals surface area (Å²) in [5.74, 6) is -0.154. The van der Waals surface area contributed by atoms with Crippen molar-refractivity contribution in [3.8, 4) is 6.07 Å². The molecule has 6 heteroatoms. The molecule has 0 aliphatic carbocycles. The van der Waals surface area contributed by atoms with Crippen LogP contribution in [0.25, 0.3) is 0 Å². The molecule has 0 spiro atoms. The van der Waals surface area contributed by atoms with Crippen LogP contribution in [0.15, 0.2) is 24.3 Å². The first-order valence-corrected chi connectivity index (χ1v) is 7.12. The van der Waals surface area contributed by atoms with Gasteiger partial charge in [0.15, 0.2) is 0 Å². The Morgan fingerprint density at radius 1 is 1.44 bits per heavy atom. The van der Waals surface area contributed by atoms with E-state index in [2.05, 4.69) is 4.72 Å². The van der Waals surface area contributed by atoms with Gasteiger partial charge in [-0.1, -0.05) is 12.1 Å². The van der Waals surface area contributed by atoms with E-state index < -0.39 is 15.6 Å². The van der Waals surface area contributed by atoms with Gasteiger partial charge in [0.05, 0.1) is 17.4 Å². The Balaban J connectivity index is 2.74. The lowest BCUT2D eigenvalue weighted by molar-refractivity contribution is 0.497. The maximum Gasteiger partial charge on any atom is 0.215 e. The summed E-state index contributed by atoms with van der Waals surface area (Å²) in [6.45, 7) is 3.66. The van der Waals surface area contributed by atoms with Gasteiger partial charge in [0.25, 0.3) is 0 Å². The van der Waals surface area contributed by atoms with Crippen molar-refractivity contribution in [2.24, 2.45) is 5.73 Å². The van der Waals surface area contributed by atoms with Crippen molar-refractivity contribution in [2.75, 3.05) is 6.54 Å².